The molecule has 1 aromatic heterocycles. The summed E-state index contributed by atoms with van der Waals surface area (Å²) in [7, 11) is 3.61. The highest BCUT2D eigenvalue weighted by Crippen LogP contribution is 2.35. The van der Waals surface area contributed by atoms with Gasteiger partial charge in [-0.1, -0.05) is 17.7 Å². The summed E-state index contributed by atoms with van der Waals surface area (Å²) in [6, 6.07) is 9.70. The summed E-state index contributed by atoms with van der Waals surface area (Å²) in [5, 5.41) is 10.0. The monoisotopic (exact) mass is 311 g/mol. The Bertz CT molecular complexity index is 583. The lowest BCUT2D eigenvalue weighted by atomic mass is 10.1. The molecule has 1 unspecified atom stereocenters. The number of hydrogen-bond acceptors (Lipinski definition) is 4. The zero-order valence-electron chi connectivity index (χ0n) is 11.8. The van der Waals surface area contributed by atoms with Gasteiger partial charge in [0.15, 0.2) is 0 Å². The van der Waals surface area contributed by atoms with E-state index >= 15 is 0 Å². The topological polar surface area (TPSA) is 32.7 Å². The van der Waals surface area contributed by atoms with Crippen molar-refractivity contribution in [2.24, 2.45) is 0 Å². The summed E-state index contributed by atoms with van der Waals surface area (Å²) in [5.41, 5.74) is 1.77. The molecule has 0 aliphatic carbocycles. The fourth-order valence-electron chi connectivity index (χ4n) is 2.22. The molecule has 2 rings (SSSR count). The fraction of sp³-hybridized carbons (Fsp3) is 0.333. The Labute approximate surface area is 128 Å². The fourth-order valence-corrected chi connectivity index (χ4v) is 3.36. The molecule has 0 radical (unpaired) electrons. The lowest BCUT2D eigenvalue weighted by molar-refractivity contribution is 0.194. The molecule has 20 heavy (non-hydrogen) atoms. The van der Waals surface area contributed by atoms with Crippen LogP contribution in [0.3, 0.4) is 0 Å². The molecule has 1 atom stereocenters. The van der Waals surface area contributed by atoms with Crippen LogP contribution >= 0.6 is 22.9 Å². The Morgan fingerprint density at radius 1 is 1.35 bits per heavy atom. The molecular weight excluding hydrogens is 294 g/mol. The van der Waals surface area contributed by atoms with Crippen LogP contribution in [0.1, 0.15) is 23.5 Å². The molecule has 2 aromatic rings. The molecule has 1 aromatic carbocycles. The van der Waals surface area contributed by atoms with Gasteiger partial charge < -0.3 is 14.7 Å². The van der Waals surface area contributed by atoms with Crippen molar-refractivity contribution in [3.8, 4) is 5.75 Å². The van der Waals surface area contributed by atoms with Crippen molar-refractivity contribution in [3.05, 3.63) is 45.1 Å². The van der Waals surface area contributed by atoms with E-state index in [0.717, 1.165) is 22.1 Å². The van der Waals surface area contributed by atoms with Crippen molar-refractivity contribution in [3.63, 3.8) is 0 Å². The molecule has 0 aliphatic rings. The minimum absolute atomic E-state index is 0.587. The van der Waals surface area contributed by atoms with Gasteiger partial charge in [-0.15, -0.1) is 11.3 Å². The van der Waals surface area contributed by atoms with Crippen LogP contribution in [0, 0.1) is 0 Å². The van der Waals surface area contributed by atoms with Gasteiger partial charge in [0.2, 0.25) is 0 Å². The Hall–Kier alpha value is -1.23. The number of methoxy groups -OCH3 is 1. The first-order chi connectivity index (χ1) is 9.52. The van der Waals surface area contributed by atoms with Gasteiger partial charge in [0.1, 0.15) is 5.75 Å². The highest BCUT2D eigenvalue weighted by atomic mass is 35.5. The standard InChI is InChI=1S/C15H18ClNO2S/c1-10(18)15-12(5-4-6-13(15)19-3)17(2)9-11-7-8-14(16)20-11/h4-8,10,18H,9H2,1-3H3. The van der Waals surface area contributed by atoms with E-state index in [9.17, 15) is 5.11 Å². The van der Waals surface area contributed by atoms with Crippen molar-refractivity contribution < 1.29 is 9.84 Å². The number of rotatable bonds is 5. The summed E-state index contributed by atoms with van der Waals surface area (Å²) >= 11 is 7.52. The number of halogens is 1. The van der Waals surface area contributed by atoms with Crippen LogP contribution in [0.2, 0.25) is 4.34 Å². The maximum atomic E-state index is 10.0. The van der Waals surface area contributed by atoms with Gasteiger partial charge in [0, 0.05) is 23.2 Å². The van der Waals surface area contributed by atoms with Crippen LogP contribution in [0.15, 0.2) is 30.3 Å². The van der Waals surface area contributed by atoms with Gasteiger partial charge in [0.25, 0.3) is 0 Å². The Balaban J connectivity index is 2.31. The highest BCUT2D eigenvalue weighted by molar-refractivity contribution is 7.16. The average Bonchev–Trinajstić information content (AvgIpc) is 2.82. The quantitative estimate of drug-likeness (QED) is 0.902. The first-order valence-electron chi connectivity index (χ1n) is 6.33. The number of ether oxygens (including phenoxy) is 1. The second-order valence-corrected chi connectivity index (χ2v) is 6.43. The summed E-state index contributed by atoms with van der Waals surface area (Å²) in [4.78, 5) is 3.27. The van der Waals surface area contributed by atoms with Gasteiger partial charge in [-0.05, 0) is 31.2 Å². The van der Waals surface area contributed by atoms with Crippen molar-refractivity contribution in [2.75, 3.05) is 19.1 Å². The third kappa shape index (κ3) is 3.26. The van der Waals surface area contributed by atoms with Crippen LogP contribution < -0.4 is 9.64 Å². The molecule has 1 N–H and O–H groups in total. The molecule has 0 saturated carbocycles. The molecule has 0 amide bonds. The maximum Gasteiger partial charge on any atom is 0.126 e. The van der Waals surface area contributed by atoms with Gasteiger partial charge in [-0.2, -0.15) is 0 Å². The smallest absolute Gasteiger partial charge is 0.126 e. The number of aliphatic hydroxyl groups excluding tert-OH is 1. The minimum Gasteiger partial charge on any atom is -0.496 e. The van der Waals surface area contributed by atoms with Crippen molar-refractivity contribution >= 4 is 28.6 Å². The Morgan fingerprint density at radius 3 is 2.65 bits per heavy atom. The molecule has 0 fully saturated rings. The summed E-state index contributed by atoms with van der Waals surface area (Å²) in [5.74, 6) is 0.702. The zero-order chi connectivity index (χ0) is 14.7. The molecule has 1 heterocycles. The predicted molar refractivity (Wildman–Crippen MR) is 85.1 cm³/mol. The van der Waals surface area contributed by atoms with E-state index in [1.807, 2.05) is 37.4 Å². The molecule has 0 saturated heterocycles. The van der Waals surface area contributed by atoms with Crippen LogP contribution in [-0.4, -0.2) is 19.3 Å². The second kappa shape index (κ2) is 6.48. The molecule has 108 valence electrons. The largest absolute Gasteiger partial charge is 0.496 e. The number of thiophene rings is 1. The van der Waals surface area contributed by atoms with Crippen LogP contribution in [0.25, 0.3) is 0 Å². The minimum atomic E-state index is -0.587. The third-order valence-corrected chi connectivity index (χ3v) is 4.33. The van der Waals surface area contributed by atoms with E-state index in [4.69, 9.17) is 16.3 Å². The molecule has 0 aliphatic heterocycles. The first kappa shape index (κ1) is 15.2. The summed E-state index contributed by atoms with van der Waals surface area (Å²) < 4.78 is 6.13. The van der Waals surface area contributed by atoms with Crippen molar-refractivity contribution in [1.82, 2.24) is 0 Å². The Morgan fingerprint density at radius 2 is 2.10 bits per heavy atom. The van der Waals surface area contributed by atoms with E-state index in [0.29, 0.717) is 5.75 Å². The van der Waals surface area contributed by atoms with Crippen LogP contribution in [-0.2, 0) is 6.54 Å². The molecule has 5 heteroatoms. The third-order valence-electron chi connectivity index (χ3n) is 3.11. The van der Waals surface area contributed by atoms with Gasteiger partial charge >= 0.3 is 0 Å². The summed E-state index contributed by atoms with van der Waals surface area (Å²) in [6.07, 6.45) is -0.587. The average molecular weight is 312 g/mol. The number of nitrogens with zero attached hydrogens (tertiary/aromatic N) is 1. The number of aliphatic hydroxyl groups is 1. The lowest BCUT2D eigenvalue weighted by Gasteiger charge is -2.24. The lowest BCUT2D eigenvalue weighted by Crippen LogP contribution is -2.18. The number of anilines is 1. The number of benzene rings is 1. The SMILES string of the molecule is COc1cccc(N(C)Cc2ccc(Cl)s2)c1C(C)O. The van der Waals surface area contributed by atoms with Gasteiger partial charge in [0.05, 0.1) is 24.1 Å². The van der Waals surface area contributed by atoms with Gasteiger partial charge in [-0.3, -0.25) is 0 Å². The molecule has 3 nitrogen and oxygen atoms in total. The normalized spacial score (nSPS) is 12.2. The first-order valence-corrected chi connectivity index (χ1v) is 7.52. The van der Waals surface area contributed by atoms with E-state index < -0.39 is 6.10 Å². The summed E-state index contributed by atoms with van der Waals surface area (Å²) in [6.45, 7) is 2.49. The van der Waals surface area contributed by atoms with E-state index in [-0.39, 0.29) is 0 Å². The van der Waals surface area contributed by atoms with Crippen molar-refractivity contribution in [1.29, 1.82) is 0 Å². The van der Waals surface area contributed by atoms with Crippen LogP contribution in [0.5, 0.6) is 5.75 Å². The highest BCUT2D eigenvalue weighted by Gasteiger charge is 2.17. The molecule has 0 spiro atoms. The van der Waals surface area contributed by atoms with Crippen molar-refractivity contribution in [2.45, 2.75) is 19.6 Å². The van der Waals surface area contributed by atoms with Gasteiger partial charge in [-0.25, -0.2) is 0 Å². The van der Waals surface area contributed by atoms with E-state index in [1.54, 1.807) is 25.4 Å². The zero-order valence-corrected chi connectivity index (χ0v) is 13.3. The van der Waals surface area contributed by atoms with E-state index in [2.05, 4.69) is 4.90 Å². The Kier molecular flexibility index (Phi) is 4.91. The number of hydrogen-bond donors (Lipinski definition) is 1. The van der Waals surface area contributed by atoms with E-state index in [1.165, 1.54) is 4.88 Å². The molecular formula is C15H18ClNO2S. The predicted octanol–water partition coefficient (Wildman–Crippen LogP) is 4.10. The van der Waals surface area contributed by atoms with Crippen LogP contribution in [0.4, 0.5) is 5.69 Å². The molecule has 0 bridgehead atoms. The second-order valence-electron chi connectivity index (χ2n) is 4.63. The maximum absolute atomic E-state index is 10.0.